The fourth-order valence-electron chi connectivity index (χ4n) is 2.93. The molecule has 3 rings (SSSR count). The van der Waals surface area contributed by atoms with E-state index >= 15 is 0 Å². The number of carbonyl (C=O) groups excluding carboxylic acids is 1. The summed E-state index contributed by atoms with van der Waals surface area (Å²) in [6.07, 6.45) is -0.678. The molecule has 0 bridgehead atoms. The van der Waals surface area contributed by atoms with Crippen LogP contribution in [0.1, 0.15) is 6.92 Å². The van der Waals surface area contributed by atoms with Crippen molar-refractivity contribution >= 4 is 21.6 Å². The number of benzene rings is 2. The number of para-hydroxylation sites is 2. The van der Waals surface area contributed by atoms with Crippen LogP contribution < -0.4 is 14.2 Å². The summed E-state index contributed by atoms with van der Waals surface area (Å²) in [6, 6.07) is 12.7. The van der Waals surface area contributed by atoms with E-state index in [4.69, 9.17) is 14.2 Å². The lowest BCUT2D eigenvalue weighted by Crippen LogP contribution is -2.46. The molecule has 1 N–H and O–H groups in total. The van der Waals surface area contributed by atoms with Crippen molar-refractivity contribution in [1.82, 2.24) is 4.90 Å². The predicted octanol–water partition coefficient (Wildman–Crippen LogP) is 2.12. The first kappa shape index (κ1) is 20.9. The van der Waals surface area contributed by atoms with Gasteiger partial charge in [-0.05, 0) is 43.3 Å². The van der Waals surface area contributed by atoms with E-state index in [9.17, 15) is 13.2 Å². The largest absolute Gasteiger partial charge is 0.495 e. The number of amides is 1. The summed E-state index contributed by atoms with van der Waals surface area (Å²) in [7, 11) is -2.33. The number of rotatable bonds is 7. The first-order valence-electron chi connectivity index (χ1n) is 9.20. The Morgan fingerprint density at radius 2 is 1.76 bits per heavy atom. The van der Waals surface area contributed by atoms with E-state index in [1.807, 2.05) is 0 Å². The number of sulfonamides is 1. The van der Waals surface area contributed by atoms with Gasteiger partial charge >= 0.3 is 0 Å². The number of carbonyl (C=O) groups is 1. The summed E-state index contributed by atoms with van der Waals surface area (Å²) in [5.74, 6) is 0.713. The summed E-state index contributed by atoms with van der Waals surface area (Å²) < 4.78 is 43.9. The molecular formula is C20H24N2O6S. The van der Waals surface area contributed by atoms with Crippen LogP contribution in [0.25, 0.3) is 0 Å². The quantitative estimate of drug-likeness (QED) is 0.737. The maximum atomic E-state index is 12.6. The van der Waals surface area contributed by atoms with Gasteiger partial charge in [-0.15, -0.1) is 0 Å². The Bertz CT molecular complexity index is 940. The molecule has 2 aromatic carbocycles. The summed E-state index contributed by atoms with van der Waals surface area (Å²) in [5, 5.41) is 0. The zero-order chi connectivity index (χ0) is 20.9. The van der Waals surface area contributed by atoms with Gasteiger partial charge in [0.15, 0.2) is 6.10 Å². The van der Waals surface area contributed by atoms with E-state index in [2.05, 4.69) is 4.72 Å². The highest BCUT2D eigenvalue weighted by atomic mass is 32.2. The second-order valence-electron chi connectivity index (χ2n) is 6.47. The maximum Gasteiger partial charge on any atom is 0.263 e. The molecule has 1 saturated heterocycles. The second kappa shape index (κ2) is 9.15. The molecule has 1 heterocycles. The number of methoxy groups -OCH3 is 1. The zero-order valence-electron chi connectivity index (χ0n) is 16.3. The van der Waals surface area contributed by atoms with Gasteiger partial charge < -0.3 is 19.1 Å². The van der Waals surface area contributed by atoms with E-state index in [1.165, 1.54) is 31.4 Å². The Labute approximate surface area is 170 Å². The number of hydrogen-bond acceptors (Lipinski definition) is 6. The average Bonchev–Trinajstić information content (AvgIpc) is 2.74. The van der Waals surface area contributed by atoms with E-state index in [0.717, 1.165) is 0 Å². The summed E-state index contributed by atoms with van der Waals surface area (Å²) in [4.78, 5) is 14.2. The Hall–Kier alpha value is -2.78. The van der Waals surface area contributed by atoms with Crippen molar-refractivity contribution in [2.24, 2.45) is 0 Å². The molecule has 0 aliphatic carbocycles. The van der Waals surface area contributed by atoms with Gasteiger partial charge in [-0.3, -0.25) is 9.52 Å². The Morgan fingerprint density at radius 1 is 1.10 bits per heavy atom. The number of nitrogens with one attached hydrogen (secondary N) is 1. The van der Waals surface area contributed by atoms with E-state index in [0.29, 0.717) is 43.5 Å². The minimum Gasteiger partial charge on any atom is -0.495 e. The molecule has 29 heavy (non-hydrogen) atoms. The molecule has 0 radical (unpaired) electrons. The normalized spacial score (nSPS) is 15.4. The smallest absolute Gasteiger partial charge is 0.263 e. The molecule has 156 valence electrons. The van der Waals surface area contributed by atoms with Crippen molar-refractivity contribution in [3.05, 3.63) is 48.5 Å². The standard InChI is InChI=1S/C20H24N2O6S/c1-15(20(23)22-11-13-27-14-12-22)28-16-7-9-17(10-8-16)29(24,25)21-18-5-3-4-6-19(18)26-2/h3-10,15,21H,11-14H2,1-2H3/t15-/m0/s1. The molecule has 0 unspecified atom stereocenters. The van der Waals surface area contributed by atoms with Crippen LogP contribution in [-0.2, 0) is 19.6 Å². The average molecular weight is 420 g/mol. The van der Waals surface area contributed by atoms with Gasteiger partial charge in [-0.2, -0.15) is 0 Å². The fraction of sp³-hybridized carbons (Fsp3) is 0.350. The van der Waals surface area contributed by atoms with E-state index < -0.39 is 16.1 Å². The molecule has 1 atom stereocenters. The zero-order valence-corrected chi connectivity index (χ0v) is 17.1. The minimum atomic E-state index is -3.80. The predicted molar refractivity (Wildman–Crippen MR) is 108 cm³/mol. The topological polar surface area (TPSA) is 94.2 Å². The van der Waals surface area contributed by atoms with Crippen molar-refractivity contribution in [3.8, 4) is 11.5 Å². The molecule has 0 spiro atoms. The molecule has 8 nitrogen and oxygen atoms in total. The lowest BCUT2D eigenvalue weighted by Gasteiger charge is -2.29. The molecule has 1 amide bonds. The van der Waals surface area contributed by atoms with Crippen LogP contribution in [0.5, 0.6) is 11.5 Å². The van der Waals surface area contributed by atoms with Crippen molar-refractivity contribution in [3.63, 3.8) is 0 Å². The number of nitrogens with zero attached hydrogens (tertiary/aromatic N) is 1. The Morgan fingerprint density at radius 3 is 2.41 bits per heavy atom. The van der Waals surface area contributed by atoms with Crippen LogP contribution in [0.4, 0.5) is 5.69 Å². The van der Waals surface area contributed by atoms with Crippen molar-refractivity contribution in [2.45, 2.75) is 17.9 Å². The number of hydrogen-bond donors (Lipinski definition) is 1. The Kier molecular flexibility index (Phi) is 6.60. The molecular weight excluding hydrogens is 396 g/mol. The van der Waals surface area contributed by atoms with Crippen molar-refractivity contribution in [2.75, 3.05) is 38.1 Å². The molecule has 1 fully saturated rings. The third-order valence-corrected chi connectivity index (χ3v) is 5.85. The van der Waals surface area contributed by atoms with Gasteiger partial charge in [-0.1, -0.05) is 12.1 Å². The van der Waals surface area contributed by atoms with E-state index in [-0.39, 0.29) is 10.8 Å². The van der Waals surface area contributed by atoms with Crippen LogP contribution in [-0.4, -0.2) is 58.7 Å². The first-order valence-corrected chi connectivity index (χ1v) is 10.7. The molecule has 1 aliphatic rings. The second-order valence-corrected chi connectivity index (χ2v) is 8.16. The van der Waals surface area contributed by atoms with Gasteiger partial charge in [0.2, 0.25) is 0 Å². The van der Waals surface area contributed by atoms with Gasteiger partial charge in [0.05, 0.1) is 30.9 Å². The number of anilines is 1. The monoisotopic (exact) mass is 420 g/mol. The van der Waals surface area contributed by atoms with Crippen LogP contribution >= 0.6 is 0 Å². The highest BCUT2D eigenvalue weighted by Crippen LogP contribution is 2.27. The highest BCUT2D eigenvalue weighted by Gasteiger charge is 2.24. The Balaban J connectivity index is 1.66. The summed E-state index contributed by atoms with van der Waals surface area (Å²) >= 11 is 0. The van der Waals surface area contributed by atoms with Crippen LogP contribution in [0.15, 0.2) is 53.4 Å². The van der Waals surface area contributed by atoms with Crippen LogP contribution in [0, 0.1) is 0 Å². The van der Waals surface area contributed by atoms with Gasteiger partial charge in [0, 0.05) is 13.1 Å². The van der Waals surface area contributed by atoms with Gasteiger partial charge in [0.1, 0.15) is 11.5 Å². The summed E-state index contributed by atoms with van der Waals surface area (Å²) in [6.45, 7) is 3.79. The SMILES string of the molecule is COc1ccccc1NS(=O)(=O)c1ccc(O[C@@H](C)C(=O)N2CCOCC2)cc1. The lowest BCUT2D eigenvalue weighted by molar-refractivity contribution is -0.142. The van der Waals surface area contributed by atoms with Crippen LogP contribution in [0.3, 0.4) is 0 Å². The first-order chi connectivity index (χ1) is 13.9. The fourth-order valence-corrected chi connectivity index (χ4v) is 4.00. The molecule has 0 saturated carbocycles. The maximum absolute atomic E-state index is 12.6. The van der Waals surface area contributed by atoms with Gasteiger partial charge in [0.25, 0.3) is 15.9 Å². The van der Waals surface area contributed by atoms with Crippen molar-refractivity contribution in [1.29, 1.82) is 0 Å². The third kappa shape index (κ3) is 5.18. The molecule has 2 aromatic rings. The summed E-state index contributed by atoms with van der Waals surface area (Å²) in [5.41, 5.74) is 0.347. The molecule has 0 aromatic heterocycles. The molecule has 1 aliphatic heterocycles. The number of ether oxygens (including phenoxy) is 3. The highest BCUT2D eigenvalue weighted by molar-refractivity contribution is 7.92. The number of morpholine rings is 1. The molecule has 9 heteroatoms. The third-order valence-electron chi connectivity index (χ3n) is 4.47. The van der Waals surface area contributed by atoms with Gasteiger partial charge in [-0.25, -0.2) is 8.42 Å². The van der Waals surface area contributed by atoms with Crippen molar-refractivity contribution < 1.29 is 27.4 Å². The minimum absolute atomic E-state index is 0.0721. The van der Waals surface area contributed by atoms with Crippen LogP contribution in [0.2, 0.25) is 0 Å². The van der Waals surface area contributed by atoms with E-state index in [1.54, 1.807) is 36.1 Å². The lowest BCUT2D eigenvalue weighted by atomic mass is 10.3.